The minimum absolute atomic E-state index is 0.0116. The number of ether oxygens (including phenoxy) is 2. The quantitative estimate of drug-likeness (QED) is 0.670. The second-order valence-corrected chi connectivity index (χ2v) is 4.21. The zero-order valence-electron chi connectivity index (χ0n) is 11.3. The van der Waals surface area contributed by atoms with E-state index in [1.807, 2.05) is 0 Å². The first-order valence-corrected chi connectivity index (χ1v) is 6.43. The predicted molar refractivity (Wildman–Crippen MR) is 66.4 cm³/mol. The number of amides is 2. The van der Waals surface area contributed by atoms with E-state index in [1.54, 1.807) is 18.7 Å². The van der Waals surface area contributed by atoms with E-state index < -0.39 is 12.0 Å². The van der Waals surface area contributed by atoms with E-state index in [1.165, 1.54) is 0 Å². The second kappa shape index (κ2) is 7.73. The van der Waals surface area contributed by atoms with Gasteiger partial charge in [0.05, 0.1) is 26.3 Å². The Labute approximate surface area is 112 Å². The number of rotatable bonds is 7. The molecular formula is C12H20N2O5. The number of nitrogens with zero attached hydrogens (tertiary/aromatic N) is 1. The van der Waals surface area contributed by atoms with Gasteiger partial charge in [-0.05, 0) is 26.7 Å². The Hall–Kier alpha value is -1.63. The van der Waals surface area contributed by atoms with Crippen LogP contribution in [0.4, 0.5) is 4.79 Å². The summed E-state index contributed by atoms with van der Waals surface area (Å²) in [7, 11) is 0. The minimum atomic E-state index is -0.764. The molecule has 0 aromatic carbocycles. The fraction of sp³-hybridized carbons (Fsp3) is 0.750. The molecule has 1 N–H and O–H groups in total. The van der Waals surface area contributed by atoms with Crippen molar-refractivity contribution in [1.82, 2.24) is 10.2 Å². The maximum Gasteiger partial charge on any atom is 0.413 e. The Morgan fingerprint density at radius 2 is 1.74 bits per heavy atom. The zero-order valence-corrected chi connectivity index (χ0v) is 11.3. The third-order valence-corrected chi connectivity index (χ3v) is 2.56. The Balaban J connectivity index is 2.38. The molecule has 0 aliphatic heterocycles. The van der Waals surface area contributed by atoms with Crippen LogP contribution in [0.3, 0.4) is 0 Å². The molecule has 108 valence electrons. The van der Waals surface area contributed by atoms with Gasteiger partial charge in [-0.25, -0.2) is 4.79 Å². The number of carbonyl (C=O) groups excluding carboxylic acids is 3. The largest absolute Gasteiger partial charge is 0.465 e. The molecule has 0 spiro atoms. The highest BCUT2D eigenvalue weighted by atomic mass is 16.5. The van der Waals surface area contributed by atoms with Crippen molar-refractivity contribution in [3.8, 4) is 0 Å². The Morgan fingerprint density at radius 1 is 1.11 bits per heavy atom. The first-order valence-electron chi connectivity index (χ1n) is 6.43. The normalized spacial score (nSPS) is 14.1. The third-order valence-electron chi connectivity index (χ3n) is 2.56. The molecule has 7 heteroatoms. The highest BCUT2D eigenvalue weighted by Crippen LogP contribution is 2.26. The highest BCUT2D eigenvalue weighted by molar-refractivity contribution is 5.93. The summed E-state index contributed by atoms with van der Waals surface area (Å²) in [5.74, 6) is -0.840. The number of alkyl carbamates (subject to hydrolysis) is 1. The molecule has 1 saturated carbocycles. The molecule has 0 bridgehead atoms. The van der Waals surface area contributed by atoms with Crippen LogP contribution >= 0.6 is 0 Å². The first-order chi connectivity index (χ1) is 9.06. The Morgan fingerprint density at radius 3 is 2.26 bits per heavy atom. The fourth-order valence-corrected chi connectivity index (χ4v) is 1.63. The second-order valence-electron chi connectivity index (χ2n) is 4.21. The minimum Gasteiger partial charge on any atom is -0.465 e. The molecule has 0 aromatic rings. The van der Waals surface area contributed by atoms with Crippen molar-refractivity contribution in [1.29, 1.82) is 0 Å². The van der Waals surface area contributed by atoms with Gasteiger partial charge in [0.25, 0.3) is 0 Å². The molecule has 0 heterocycles. The molecule has 19 heavy (non-hydrogen) atoms. The molecule has 0 radical (unpaired) electrons. The summed E-state index contributed by atoms with van der Waals surface area (Å²) < 4.78 is 9.46. The summed E-state index contributed by atoms with van der Waals surface area (Å²) in [5.41, 5.74) is 0. The van der Waals surface area contributed by atoms with Gasteiger partial charge in [-0.15, -0.1) is 0 Å². The summed E-state index contributed by atoms with van der Waals surface area (Å²) >= 11 is 0. The topological polar surface area (TPSA) is 84.9 Å². The molecule has 1 rings (SSSR count). The molecule has 0 saturated heterocycles. The Bertz CT molecular complexity index is 341. The van der Waals surface area contributed by atoms with E-state index in [9.17, 15) is 14.4 Å². The van der Waals surface area contributed by atoms with Crippen LogP contribution in [0, 0.1) is 0 Å². The summed E-state index contributed by atoms with van der Waals surface area (Å²) in [6.07, 6.45) is 1.14. The van der Waals surface area contributed by atoms with Gasteiger partial charge in [-0.3, -0.25) is 19.8 Å². The fourth-order valence-electron chi connectivity index (χ4n) is 1.63. The monoisotopic (exact) mass is 272 g/mol. The van der Waals surface area contributed by atoms with Crippen molar-refractivity contribution in [2.45, 2.75) is 32.7 Å². The predicted octanol–water partition coefficient (Wildman–Crippen LogP) is 0.287. The van der Waals surface area contributed by atoms with Crippen molar-refractivity contribution < 1.29 is 23.9 Å². The van der Waals surface area contributed by atoms with E-state index >= 15 is 0 Å². The average molecular weight is 272 g/mol. The van der Waals surface area contributed by atoms with Crippen molar-refractivity contribution in [3.05, 3.63) is 0 Å². The van der Waals surface area contributed by atoms with Gasteiger partial charge < -0.3 is 9.47 Å². The standard InChI is InChI=1S/C12H20N2O5/c1-3-18-11(16)8-14(9-5-6-9)7-10(15)13-12(17)19-4-2/h9H,3-8H2,1-2H3,(H,13,15,17). The van der Waals surface area contributed by atoms with Crippen LogP contribution in [0.2, 0.25) is 0 Å². The van der Waals surface area contributed by atoms with Crippen LogP contribution in [0.1, 0.15) is 26.7 Å². The number of imide groups is 1. The summed E-state index contributed by atoms with van der Waals surface area (Å²) in [5, 5.41) is 2.11. The van der Waals surface area contributed by atoms with E-state index in [2.05, 4.69) is 10.1 Å². The first kappa shape index (κ1) is 15.4. The summed E-state index contributed by atoms with van der Waals surface area (Å²) in [6, 6.07) is 0.220. The lowest BCUT2D eigenvalue weighted by Crippen LogP contribution is -2.43. The number of carbonyl (C=O) groups is 3. The van der Waals surface area contributed by atoms with Crippen LogP contribution in [0.5, 0.6) is 0 Å². The summed E-state index contributed by atoms with van der Waals surface area (Å²) in [6.45, 7) is 3.95. The van der Waals surface area contributed by atoms with Gasteiger partial charge in [0, 0.05) is 6.04 Å². The van der Waals surface area contributed by atoms with Crippen LogP contribution in [0.25, 0.3) is 0 Å². The SMILES string of the molecule is CCOC(=O)CN(CC(=O)NC(=O)OCC)C1CC1. The van der Waals surface area contributed by atoms with Crippen LogP contribution in [-0.2, 0) is 19.1 Å². The highest BCUT2D eigenvalue weighted by Gasteiger charge is 2.32. The lowest BCUT2D eigenvalue weighted by Gasteiger charge is -2.19. The van der Waals surface area contributed by atoms with Crippen molar-refractivity contribution in [2.75, 3.05) is 26.3 Å². The molecule has 0 atom stereocenters. The van der Waals surface area contributed by atoms with E-state index in [-0.39, 0.29) is 31.7 Å². The van der Waals surface area contributed by atoms with Gasteiger partial charge in [0.15, 0.2) is 0 Å². The molecule has 2 amide bonds. The van der Waals surface area contributed by atoms with Crippen LogP contribution in [0.15, 0.2) is 0 Å². The smallest absolute Gasteiger partial charge is 0.413 e. The number of hydrogen-bond acceptors (Lipinski definition) is 6. The van der Waals surface area contributed by atoms with Gasteiger partial charge >= 0.3 is 12.1 Å². The lowest BCUT2D eigenvalue weighted by atomic mass is 10.4. The van der Waals surface area contributed by atoms with Crippen LogP contribution in [-0.4, -0.2) is 55.2 Å². The average Bonchev–Trinajstić information content (AvgIpc) is 3.12. The van der Waals surface area contributed by atoms with E-state index in [4.69, 9.17) is 4.74 Å². The number of hydrogen-bond donors (Lipinski definition) is 1. The van der Waals surface area contributed by atoms with Gasteiger partial charge in [0.1, 0.15) is 0 Å². The zero-order chi connectivity index (χ0) is 14.3. The number of esters is 1. The maximum absolute atomic E-state index is 11.6. The molecule has 1 aliphatic carbocycles. The van der Waals surface area contributed by atoms with Gasteiger partial charge in [0.2, 0.25) is 5.91 Å². The van der Waals surface area contributed by atoms with Gasteiger partial charge in [-0.1, -0.05) is 0 Å². The van der Waals surface area contributed by atoms with Gasteiger partial charge in [-0.2, -0.15) is 0 Å². The van der Waals surface area contributed by atoms with E-state index in [0.717, 1.165) is 12.8 Å². The third kappa shape index (κ3) is 6.19. The van der Waals surface area contributed by atoms with Crippen molar-refractivity contribution in [2.24, 2.45) is 0 Å². The molecule has 1 aliphatic rings. The molecule has 7 nitrogen and oxygen atoms in total. The lowest BCUT2D eigenvalue weighted by molar-refractivity contribution is -0.144. The van der Waals surface area contributed by atoms with Crippen molar-refractivity contribution >= 4 is 18.0 Å². The molecular weight excluding hydrogens is 252 g/mol. The maximum atomic E-state index is 11.6. The van der Waals surface area contributed by atoms with Crippen LogP contribution < -0.4 is 5.32 Å². The van der Waals surface area contributed by atoms with Crippen molar-refractivity contribution in [3.63, 3.8) is 0 Å². The Kier molecular flexibility index (Phi) is 6.27. The van der Waals surface area contributed by atoms with E-state index in [0.29, 0.717) is 6.61 Å². The summed E-state index contributed by atoms with van der Waals surface area (Å²) in [4.78, 5) is 35.8. The number of nitrogens with one attached hydrogen (secondary N) is 1. The molecule has 0 aromatic heterocycles. The molecule has 0 unspecified atom stereocenters. The molecule has 1 fully saturated rings.